The molecule has 23 heavy (non-hydrogen) atoms. The Labute approximate surface area is 132 Å². The first-order valence-electron chi connectivity index (χ1n) is 7.52. The number of nitrogens with zero attached hydrogens (tertiary/aromatic N) is 2. The smallest absolute Gasteiger partial charge is 0.153 e. The topological polar surface area (TPSA) is 38.9 Å². The summed E-state index contributed by atoms with van der Waals surface area (Å²) in [5, 5.41) is 3.33. The zero-order valence-corrected chi connectivity index (χ0v) is 12.2. The van der Waals surface area contributed by atoms with Crippen molar-refractivity contribution in [3.63, 3.8) is 0 Å². The van der Waals surface area contributed by atoms with Crippen molar-refractivity contribution in [2.75, 3.05) is 0 Å². The normalized spacial score (nSPS) is 11.5. The average Bonchev–Trinajstić information content (AvgIpc) is 3.00. The summed E-state index contributed by atoms with van der Waals surface area (Å²) in [5.74, 6) is 0. The minimum absolute atomic E-state index is 0.801. The molecule has 0 N–H and O–H groups in total. The standard InChI is InChI=1S/C20H12N2O/c1-2-6-14-13(5-1)10-12-22-19(14)15-7-3-8-16-18(15)20-17(23-16)9-4-11-21-20/h1-12H. The third kappa shape index (κ3) is 1.77. The van der Waals surface area contributed by atoms with Crippen molar-refractivity contribution >= 4 is 32.8 Å². The molecule has 0 amide bonds. The van der Waals surface area contributed by atoms with Gasteiger partial charge in [0.25, 0.3) is 0 Å². The van der Waals surface area contributed by atoms with Gasteiger partial charge in [-0.2, -0.15) is 0 Å². The first kappa shape index (κ1) is 12.4. The summed E-state index contributed by atoms with van der Waals surface area (Å²) in [6.07, 6.45) is 3.65. The van der Waals surface area contributed by atoms with Gasteiger partial charge in [-0.25, -0.2) is 0 Å². The summed E-state index contributed by atoms with van der Waals surface area (Å²) in [7, 11) is 0. The molecule has 0 aliphatic heterocycles. The fourth-order valence-corrected chi connectivity index (χ4v) is 3.17. The van der Waals surface area contributed by atoms with E-state index in [0.29, 0.717) is 0 Å². The van der Waals surface area contributed by atoms with Crippen LogP contribution in [-0.2, 0) is 0 Å². The zero-order chi connectivity index (χ0) is 15.2. The summed E-state index contributed by atoms with van der Waals surface area (Å²) in [6, 6.07) is 20.2. The van der Waals surface area contributed by atoms with E-state index < -0.39 is 0 Å². The highest BCUT2D eigenvalue weighted by molar-refractivity contribution is 6.12. The number of benzene rings is 2. The molecule has 3 heteroatoms. The number of pyridine rings is 2. The van der Waals surface area contributed by atoms with E-state index in [1.54, 1.807) is 6.20 Å². The highest BCUT2D eigenvalue weighted by Crippen LogP contribution is 2.36. The molecule has 0 atom stereocenters. The van der Waals surface area contributed by atoms with Gasteiger partial charge in [-0.3, -0.25) is 9.97 Å². The number of rotatable bonds is 1. The lowest BCUT2D eigenvalue weighted by Gasteiger charge is -2.06. The number of furan rings is 1. The molecule has 0 bridgehead atoms. The van der Waals surface area contributed by atoms with Gasteiger partial charge in [-0.15, -0.1) is 0 Å². The molecule has 5 aromatic rings. The first-order chi connectivity index (χ1) is 11.4. The molecule has 2 aromatic carbocycles. The van der Waals surface area contributed by atoms with Crippen LogP contribution in [0.3, 0.4) is 0 Å². The van der Waals surface area contributed by atoms with Crippen molar-refractivity contribution < 1.29 is 4.42 Å². The van der Waals surface area contributed by atoms with E-state index in [1.807, 2.05) is 48.7 Å². The van der Waals surface area contributed by atoms with E-state index in [4.69, 9.17) is 4.42 Å². The van der Waals surface area contributed by atoms with E-state index in [9.17, 15) is 0 Å². The maximum absolute atomic E-state index is 5.94. The molecule has 108 valence electrons. The molecule has 0 fully saturated rings. The highest BCUT2D eigenvalue weighted by Gasteiger charge is 2.15. The Bertz CT molecular complexity index is 1170. The average molecular weight is 296 g/mol. The zero-order valence-electron chi connectivity index (χ0n) is 12.2. The molecule has 0 radical (unpaired) electrons. The summed E-state index contributed by atoms with van der Waals surface area (Å²) in [6.45, 7) is 0. The predicted octanol–water partition coefficient (Wildman–Crippen LogP) is 5.20. The van der Waals surface area contributed by atoms with Gasteiger partial charge in [-0.05, 0) is 29.7 Å². The van der Waals surface area contributed by atoms with Crippen molar-refractivity contribution in [1.29, 1.82) is 0 Å². The van der Waals surface area contributed by atoms with Crippen LogP contribution in [0, 0.1) is 0 Å². The second-order valence-electron chi connectivity index (χ2n) is 5.51. The number of hydrogen-bond donors (Lipinski definition) is 0. The maximum Gasteiger partial charge on any atom is 0.153 e. The second kappa shape index (κ2) is 4.65. The van der Waals surface area contributed by atoms with Crippen LogP contribution < -0.4 is 0 Å². The van der Waals surface area contributed by atoms with Gasteiger partial charge in [0.15, 0.2) is 5.58 Å². The van der Waals surface area contributed by atoms with Crippen molar-refractivity contribution in [3.05, 3.63) is 73.1 Å². The van der Waals surface area contributed by atoms with Crippen LogP contribution in [0.1, 0.15) is 0 Å². The Morgan fingerprint density at radius 2 is 1.61 bits per heavy atom. The molecule has 5 rings (SSSR count). The van der Waals surface area contributed by atoms with Gasteiger partial charge in [0.05, 0.1) is 11.1 Å². The largest absolute Gasteiger partial charge is 0.454 e. The predicted molar refractivity (Wildman–Crippen MR) is 92.3 cm³/mol. The van der Waals surface area contributed by atoms with Gasteiger partial charge >= 0.3 is 0 Å². The molecular weight excluding hydrogens is 284 g/mol. The van der Waals surface area contributed by atoms with Gasteiger partial charge < -0.3 is 4.42 Å². The quantitative estimate of drug-likeness (QED) is 0.427. The lowest BCUT2D eigenvalue weighted by Crippen LogP contribution is -1.87. The van der Waals surface area contributed by atoms with E-state index >= 15 is 0 Å². The van der Waals surface area contributed by atoms with Gasteiger partial charge in [0.2, 0.25) is 0 Å². The summed E-state index contributed by atoms with van der Waals surface area (Å²) < 4.78 is 5.94. The fraction of sp³-hybridized carbons (Fsp3) is 0. The molecule has 3 aromatic heterocycles. The van der Waals surface area contributed by atoms with Crippen LogP contribution in [0.5, 0.6) is 0 Å². The molecule has 0 unspecified atom stereocenters. The van der Waals surface area contributed by atoms with Crippen molar-refractivity contribution in [2.45, 2.75) is 0 Å². The van der Waals surface area contributed by atoms with E-state index in [1.165, 1.54) is 5.39 Å². The van der Waals surface area contributed by atoms with Crippen LogP contribution in [0.2, 0.25) is 0 Å². The maximum atomic E-state index is 5.94. The van der Waals surface area contributed by atoms with Gasteiger partial charge in [0, 0.05) is 23.3 Å². The van der Waals surface area contributed by atoms with Crippen LogP contribution in [-0.4, -0.2) is 9.97 Å². The van der Waals surface area contributed by atoms with Crippen molar-refractivity contribution in [3.8, 4) is 11.3 Å². The first-order valence-corrected chi connectivity index (χ1v) is 7.52. The Morgan fingerprint density at radius 1 is 0.696 bits per heavy atom. The molecule has 0 saturated heterocycles. The van der Waals surface area contributed by atoms with Crippen LogP contribution in [0.15, 0.2) is 77.5 Å². The summed E-state index contributed by atoms with van der Waals surface area (Å²) >= 11 is 0. The molecular formula is C20H12N2O. The van der Waals surface area contributed by atoms with Crippen LogP contribution in [0.4, 0.5) is 0 Å². The molecule has 0 spiro atoms. The van der Waals surface area contributed by atoms with Crippen LogP contribution in [0.25, 0.3) is 44.1 Å². The third-order valence-corrected chi connectivity index (χ3v) is 4.18. The van der Waals surface area contributed by atoms with E-state index in [2.05, 4.69) is 28.2 Å². The second-order valence-corrected chi connectivity index (χ2v) is 5.51. The number of hydrogen-bond acceptors (Lipinski definition) is 3. The summed E-state index contributed by atoms with van der Waals surface area (Å²) in [4.78, 5) is 9.16. The lowest BCUT2D eigenvalue weighted by atomic mass is 10.0. The Balaban J connectivity index is 1.96. The third-order valence-electron chi connectivity index (χ3n) is 4.18. The number of fused-ring (bicyclic) bond motifs is 4. The van der Waals surface area contributed by atoms with Gasteiger partial charge in [0.1, 0.15) is 11.1 Å². The van der Waals surface area contributed by atoms with E-state index in [-0.39, 0.29) is 0 Å². The summed E-state index contributed by atoms with van der Waals surface area (Å²) in [5.41, 5.74) is 4.53. The Hall–Kier alpha value is -3.20. The number of aromatic nitrogens is 2. The van der Waals surface area contributed by atoms with Crippen molar-refractivity contribution in [2.24, 2.45) is 0 Å². The monoisotopic (exact) mass is 296 g/mol. The van der Waals surface area contributed by atoms with Crippen LogP contribution >= 0.6 is 0 Å². The molecule has 0 saturated carbocycles. The Morgan fingerprint density at radius 3 is 2.61 bits per heavy atom. The minimum atomic E-state index is 0.801. The molecule has 3 heterocycles. The van der Waals surface area contributed by atoms with E-state index in [0.717, 1.165) is 38.7 Å². The molecule has 3 nitrogen and oxygen atoms in total. The van der Waals surface area contributed by atoms with Gasteiger partial charge in [-0.1, -0.05) is 36.4 Å². The molecule has 0 aliphatic carbocycles. The highest BCUT2D eigenvalue weighted by atomic mass is 16.3. The Kier molecular flexibility index (Phi) is 2.50. The minimum Gasteiger partial charge on any atom is -0.454 e. The van der Waals surface area contributed by atoms with Crippen molar-refractivity contribution in [1.82, 2.24) is 9.97 Å². The molecule has 0 aliphatic rings. The SMILES string of the molecule is c1ccc2c(-c3cccc4oc5cccnc5c34)nccc2c1. The fourth-order valence-electron chi connectivity index (χ4n) is 3.17. The lowest BCUT2D eigenvalue weighted by molar-refractivity contribution is 0.668.